The minimum atomic E-state index is -0.499. The Kier molecular flexibility index (Phi) is 7.78. The summed E-state index contributed by atoms with van der Waals surface area (Å²) in [6.45, 7) is 6.34. The average molecular weight is 517 g/mol. The van der Waals surface area contributed by atoms with E-state index in [4.69, 9.17) is 9.47 Å². The zero-order valence-electron chi connectivity index (χ0n) is 21.7. The lowest BCUT2D eigenvalue weighted by Crippen LogP contribution is -2.42. The van der Waals surface area contributed by atoms with Gasteiger partial charge in [0.25, 0.3) is 5.56 Å². The van der Waals surface area contributed by atoms with Crippen molar-refractivity contribution in [3.8, 4) is 5.75 Å². The quantitative estimate of drug-likeness (QED) is 0.337. The molecule has 38 heavy (non-hydrogen) atoms. The lowest BCUT2D eigenvalue weighted by atomic mass is 9.94. The average Bonchev–Trinajstić information content (AvgIpc) is 3.38. The fraction of sp³-hybridized carbons (Fsp3) is 0.393. The van der Waals surface area contributed by atoms with Crippen LogP contribution in [0.25, 0.3) is 10.9 Å². The molecule has 198 valence electrons. The maximum Gasteiger partial charge on any atom is 0.309 e. The van der Waals surface area contributed by atoms with Gasteiger partial charge in [-0.3, -0.25) is 14.5 Å². The van der Waals surface area contributed by atoms with Crippen LogP contribution in [0.1, 0.15) is 49.7 Å². The number of aromatic nitrogens is 5. The van der Waals surface area contributed by atoms with E-state index in [-0.39, 0.29) is 17.4 Å². The predicted molar refractivity (Wildman–Crippen MR) is 142 cm³/mol. The highest BCUT2D eigenvalue weighted by atomic mass is 16.5. The fourth-order valence-corrected chi connectivity index (χ4v) is 5.09. The topological polar surface area (TPSA) is 115 Å². The molecule has 3 heterocycles. The van der Waals surface area contributed by atoms with E-state index in [0.717, 1.165) is 22.2 Å². The summed E-state index contributed by atoms with van der Waals surface area (Å²) in [4.78, 5) is 31.1. The lowest BCUT2D eigenvalue weighted by Gasteiger charge is -2.36. The highest BCUT2D eigenvalue weighted by molar-refractivity contribution is 5.80. The van der Waals surface area contributed by atoms with Crippen LogP contribution in [0.4, 0.5) is 0 Å². The first-order chi connectivity index (χ1) is 18.6. The first-order valence-corrected chi connectivity index (χ1v) is 13.1. The van der Waals surface area contributed by atoms with Crippen molar-refractivity contribution in [1.82, 2.24) is 30.1 Å². The molecule has 10 nitrogen and oxygen atoms in total. The number of ether oxygens (including phenoxy) is 2. The van der Waals surface area contributed by atoms with Crippen LogP contribution >= 0.6 is 0 Å². The molecule has 1 saturated heterocycles. The third-order valence-electron chi connectivity index (χ3n) is 6.94. The van der Waals surface area contributed by atoms with Gasteiger partial charge in [0.15, 0.2) is 5.82 Å². The number of nitrogens with one attached hydrogen (secondary N) is 1. The number of tetrazole rings is 1. The Morgan fingerprint density at radius 3 is 2.61 bits per heavy atom. The summed E-state index contributed by atoms with van der Waals surface area (Å²) in [6.07, 6.45) is 1.27. The number of benzene rings is 2. The summed E-state index contributed by atoms with van der Waals surface area (Å²) in [5, 5.41) is 13.5. The highest BCUT2D eigenvalue weighted by Gasteiger charge is 2.35. The zero-order valence-corrected chi connectivity index (χ0v) is 21.7. The first kappa shape index (κ1) is 25.6. The molecule has 0 saturated carbocycles. The fourth-order valence-electron chi connectivity index (χ4n) is 5.09. The van der Waals surface area contributed by atoms with Crippen LogP contribution in [0, 0.1) is 5.92 Å². The number of hydrogen-bond donors (Lipinski definition) is 1. The summed E-state index contributed by atoms with van der Waals surface area (Å²) in [6, 6.07) is 17.0. The van der Waals surface area contributed by atoms with E-state index in [1.807, 2.05) is 68.4 Å². The maximum atomic E-state index is 13.5. The molecule has 2 aromatic carbocycles. The van der Waals surface area contributed by atoms with E-state index >= 15 is 0 Å². The monoisotopic (exact) mass is 516 g/mol. The van der Waals surface area contributed by atoms with E-state index in [1.165, 1.54) is 0 Å². The number of hydrogen-bond acceptors (Lipinski definition) is 8. The second kappa shape index (κ2) is 11.6. The van der Waals surface area contributed by atoms with E-state index in [9.17, 15) is 9.59 Å². The predicted octanol–water partition coefficient (Wildman–Crippen LogP) is 3.33. The largest absolute Gasteiger partial charge is 0.494 e. The zero-order chi connectivity index (χ0) is 26.5. The molecule has 1 fully saturated rings. The molecule has 1 N–H and O–H groups in total. The highest BCUT2D eigenvalue weighted by Crippen LogP contribution is 2.32. The SMILES string of the molecule is CCOC(=O)C1CCN([C@H](c2cc3cc(OCC)ccc3[nH]c2=O)c2nnnn2Cc2ccccc2)CC1. The van der Waals surface area contributed by atoms with Gasteiger partial charge in [0.1, 0.15) is 11.8 Å². The normalized spacial score (nSPS) is 15.4. The van der Waals surface area contributed by atoms with Gasteiger partial charge in [0, 0.05) is 29.6 Å². The Morgan fingerprint density at radius 1 is 1.08 bits per heavy atom. The van der Waals surface area contributed by atoms with Crippen LogP contribution in [0.5, 0.6) is 5.75 Å². The molecule has 10 heteroatoms. The number of likely N-dealkylation sites (tertiary alicyclic amines) is 1. The van der Waals surface area contributed by atoms with Crippen LogP contribution in [-0.4, -0.2) is 62.4 Å². The Labute approximate surface area is 220 Å². The summed E-state index contributed by atoms with van der Waals surface area (Å²) in [7, 11) is 0. The van der Waals surface area contributed by atoms with Gasteiger partial charge in [-0.25, -0.2) is 4.68 Å². The number of fused-ring (bicyclic) bond motifs is 1. The Balaban J connectivity index is 1.55. The minimum absolute atomic E-state index is 0.157. The van der Waals surface area contributed by atoms with Crippen molar-refractivity contribution in [2.24, 2.45) is 5.92 Å². The number of nitrogens with zero attached hydrogens (tertiary/aromatic N) is 5. The van der Waals surface area contributed by atoms with Gasteiger partial charge in [-0.15, -0.1) is 5.10 Å². The molecule has 1 aliphatic rings. The number of piperidine rings is 1. The Bertz CT molecular complexity index is 1440. The third kappa shape index (κ3) is 5.45. The smallest absolute Gasteiger partial charge is 0.309 e. The van der Waals surface area contributed by atoms with Gasteiger partial charge in [-0.1, -0.05) is 30.3 Å². The van der Waals surface area contributed by atoms with E-state index in [0.29, 0.717) is 57.1 Å². The molecule has 5 rings (SSSR count). The number of rotatable bonds is 9. The summed E-state index contributed by atoms with van der Waals surface area (Å²) in [5.74, 6) is 0.994. The van der Waals surface area contributed by atoms with Gasteiger partial charge in [0.2, 0.25) is 0 Å². The van der Waals surface area contributed by atoms with Gasteiger partial charge in [-0.05, 0) is 66.9 Å². The van der Waals surface area contributed by atoms with E-state index in [1.54, 1.807) is 4.68 Å². The molecule has 1 aliphatic heterocycles. The molecule has 0 bridgehead atoms. The Hall–Kier alpha value is -4.05. The van der Waals surface area contributed by atoms with Crippen LogP contribution in [-0.2, 0) is 16.1 Å². The standard InChI is InChI=1S/C28H32N6O4/c1-3-37-22-10-11-24-21(16-22)17-23(27(35)29-24)25(33-14-12-20(13-15-33)28(36)38-4-2)26-30-31-32-34(26)18-19-8-6-5-7-9-19/h5-11,16-17,20,25H,3-4,12-15,18H2,1-2H3,(H,29,35)/t25-/m1/s1. The van der Waals surface area contributed by atoms with E-state index < -0.39 is 6.04 Å². The lowest BCUT2D eigenvalue weighted by molar-refractivity contribution is -0.149. The number of carbonyl (C=O) groups is 1. The number of pyridine rings is 1. The van der Waals surface area contributed by atoms with Crippen LogP contribution in [0.15, 0.2) is 59.4 Å². The molecular formula is C28H32N6O4. The third-order valence-corrected chi connectivity index (χ3v) is 6.94. The molecular weight excluding hydrogens is 484 g/mol. The summed E-state index contributed by atoms with van der Waals surface area (Å²) in [5.41, 5.74) is 2.12. The molecule has 4 aromatic rings. The summed E-state index contributed by atoms with van der Waals surface area (Å²) >= 11 is 0. The first-order valence-electron chi connectivity index (χ1n) is 13.1. The van der Waals surface area contributed by atoms with Crippen LogP contribution in [0.3, 0.4) is 0 Å². The van der Waals surface area contributed by atoms with Crippen molar-refractivity contribution < 1.29 is 14.3 Å². The van der Waals surface area contributed by atoms with Crippen molar-refractivity contribution in [2.75, 3.05) is 26.3 Å². The van der Waals surface area contributed by atoms with Gasteiger partial charge < -0.3 is 14.5 Å². The molecule has 0 amide bonds. The van der Waals surface area contributed by atoms with Crippen molar-refractivity contribution in [3.05, 3.63) is 81.9 Å². The number of carbonyl (C=O) groups excluding carboxylic acids is 1. The van der Waals surface area contributed by atoms with Gasteiger partial charge in [0.05, 0.1) is 25.7 Å². The van der Waals surface area contributed by atoms with Crippen molar-refractivity contribution in [2.45, 2.75) is 39.3 Å². The van der Waals surface area contributed by atoms with Crippen molar-refractivity contribution >= 4 is 16.9 Å². The Morgan fingerprint density at radius 2 is 1.87 bits per heavy atom. The summed E-state index contributed by atoms with van der Waals surface area (Å²) < 4.78 is 12.7. The molecule has 0 unspecified atom stereocenters. The second-order valence-electron chi connectivity index (χ2n) is 9.38. The van der Waals surface area contributed by atoms with Crippen molar-refractivity contribution in [1.29, 1.82) is 0 Å². The number of esters is 1. The van der Waals surface area contributed by atoms with Gasteiger partial charge >= 0.3 is 5.97 Å². The van der Waals surface area contributed by atoms with Crippen LogP contribution < -0.4 is 10.3 Å². The number of aromatic amines is 1. The van der Waals surface area contributed by atoms with Gasteiger partial charge in [-0.2, -0.15) is 0 Å². The second-order valence-corrected chi connectivity index (χ2v) is 9.38. The minimum Gasteiger partial charge on any atom is -0.494 e. The molecule has 1 atom stereocenters. The molecule has 0 radical (unpaired) electrons. The van der Waals surface area contributed by atoms with Crippen LogP contribution in [0.2, 0.25) is 0 Å². The molecule has 0 spiro atoms. The maximum absolute atomic E-state index is 13.5. The number of H-pyrrole nitrogens is 1. The molecule has 2 aromatic heterocycles. The molecule has 0 aliphatic carbocycles. The van der Waals surface area contributed by atoms with Crippen molar-refractivity contribution in [3.63, 3.8) is 0 Å². The van der Waals surface area contributed by atoms with E-state index in [2.05, 4.69) is 25.4 Å².